The molecule has 0 radical (unpaired) electrons. The smallest absolute Gasteiger partial charge is 0.262 e. The van der Waals surface area contributed by atoms with Gasteiger partial charge in [-0.2, -0.15) is 0 Å². The van der Waals surface area contributed by atoms with Crippen LogP contribution in [0.1, 0.15) is 6.92 Å². The standard InChI is InChI=1S/C6H14N2O3/c1-5(6(9)8-7)11-4-3-10-2/h5H,3-4,7H2,1-2H3,(H,8,9)/t5-/m1/s1. The van der Waals surface area contributed by atoms with Gasteiger partial charge in [0.25, 0.3) is 5.91 Å². The van der Waals surface area contributed by atoms with Crippen LogP contribution in [-0.2, 0) is 14.3 Å². The highest BCUT2D eigenvalue weighted by atomic mass is 16.5. The number of rotatable bonds is 5. The molecule has 0 aromatic carbocycles. The Morgan fingerprint density at radius 3 is 2.73 bits per heavy atom. The van der Waals surface area contributed by atoms with Crippen LogP contribution in [0.5, 0.6) is 0 Å². The molecule has 0 bridgehead atoms. The van der Waals surface area contributed by atoms with Crippen molar-refractivity contribution >= 4 is 5.91 Å². The number of hydrogen-bond acceptors (Lipinski definition) is 4. The van der Waals surface area contributed by atoms with E-state index in [-0.39, 0.29) is 5.91 Å². The summed E-state index contributed by atoms with van der Waals surface area (Å²) in [5.41, 5.74) is 1.99. The molecule has 0 saturated heterocycles. The number of hydrazine groups is 1. The first-order chi connectivity index (χ1) is 5.22. The maximum atomic E-state index is 10.7. The van der Waals surface area contributed by atoms with Crippen LogP contribution in [0, 0.1) is 0 Å². The molecule has 0 aliphatic carbocycles. The molecule has 0 spiro atoms. The first-order valence-electron chi connectivity index (χ1n) is 3.33. The number of nitrogens with two attached hydrogens (primary N) is 1. The Morgan fingerprint density at radius 1 is 1.64 bits per heavy atom. The summed E-state index contributed by atoms with van der Waals surface area (Å²) in [5, 5.41) is 0. The number of methoxy groups -OCH3 is 1. The Balaban J connectivity index is 3.36. The van der Waals surface area contributed by atoms with E-state index in [9.17, 15) is 4.79 Å². The van der Waals surface area contributed by atoms with Gasteiger partial charge in [0.1, 0.15) is 6.10 Å². The van der Waals surface area contributed by atoms with Gasteiger partial charge >= 0.3 is 0 Å². The zero-order valence-corrected chi connectivity index (χ0v) is 6.79. The maximum absolute atomic E-state index is 10.7. The highest BCUT2D eigenvalue weighted by Crippen LogP contribution is 1.88. The van der Waals surface area contributed by atoms with E-state index in [0.717, 1.165) is 0 Å². The number of carbonyl (C=O) groups is 1. The number of carbonyl (C=O) groups excluding carboxylic acids is 1. The number of nitrogens with one attached hydrogen (secondary N) is 1. The third-order valence-corrected chi connectivity index (χ3v) is 1.17. The highest BCUT2D eigenvalue weighted by molar-refractivity contribution is 5.79. The van der Waals surface area contributed by atoms with E-state index >= 15 is 0 Å². The van der Waals surface area contributed by atoms with Gasteiger partial charge in [0, 0.05) is 7.11 Å². The van der Waals surface area contributed by atoms with Crippen LogP contribution in [0.3, 0.4) is 0 Å². The van der Waals surface area contributed by atoms with Crippen molar-refractivity contribution in [3.63, 3.8) is 0 Å². The van der Waals surface area contributed by atoms with E-state index in [2.05, 4.69) is 0 Å². The van der Waals surface area contributed by atoms with E-state index in [1.165, 1.54) is 0 Å². The minimum absolute atomic E-state index is 0.332. The third kappa shape index (κ3) is 4.72. The summed E-state index contributed by atoms with van der Waals surface area (Å²) < 4.78 is 9.74. The summed E-state index contributed by atoms with van der Waals surface area (Å²) in [6.07, 6.45) is -0.518. The fourth-order valence-electron chi connectivity index (χ4n) is 0.501. The van der Waals surface area contributed by atoms with Gasteiger partial charge in [0.2, 0.25) is 0 Å². The van der Waals surface area contributed by atoms with Crippen LogP contribution in [-0.4, -0.2) is 32.3 Å². The van der Waals surface area contributed by atoms with Crippen molar-refractivity contribution in [2.45, 2.75) is 13.0 Å². The maximum Gasteiger partial charge on any atom is 0.262 e. The number of hydrogen-bond donors (Lipinski definition) is 2. The minimum atomic E-state index is -0.518. The summed E-state index contributed by atoms with van der Waals surface area (Å²) >= 11 is 0. The van der Waals surface area contributed by atoms with Crippen molar-refractivity contribution in [2.75, 3.05) is 20.3 Å². The molecule has 5 nitrogen and oxygen atoms in total. The molecule has 66 valence electrons. The van der Waals surface area contributed by atoms with Gasteiger partial charge in [-0.15, -0.1) is 0 Å². The molecule has 5 heteroatoms. The number of amides is 1. The number of ether oxygens (including phenoxy) is 2. The lowest BCUT2D eigenvalue weighted by atomic mass is 10.4. The van der Waals surface area contributed by atoms with Crippen LogP contribution >= 0.6 is 0 Å². The lowest BCUT2D eigenvalue weighted by Crippen LogP contribution is -2.39. The van der Waals surface area contributed by atoms with E-state index in [4.69, 9.17) is 15.3 Å². The molecule has 11 heavy (non-hydrogen) atoms. The van der Waals surface area contributed by atoms with Crippen molar-refractivity contribution in [1.29, 1.82) is 0 Å². The Kier molecular flexibility index (Phi) is 5.73. The van der Waals surface area contributed by atoms with Crippen LogP contribution < -0.4 is 11.3 Å². The van der Waals surface area contributed by atoms with Crippen molar-refractivity contribution in [3.05, 3.63) is 0 Å². The van der Waals surface area contributed by atoms with E-state index < -0.39 is 6.10 Å². The Bertz CT molecular complexity index is 118. The summed E-state index contributed by atoms with van der Waals surface area (Å²) in [6.45, 7) is 2.49. The van der Waals surface area contributed by atoms with Gasteiger partial charge in [0.15, 0.2) is 0 Å². The van der Waals surface area contributed by atoms with Gasteiger partial charge in [-0.05, 0) is 6.92 Å². The predicted octanol–water partition coefficient (Wildman–Crippen LogP) is -0.972. The molecular formula is C6H14N2O3. The quantitative estimate of drug-likeness (QED) is 0.236. The van der Waals surface area contributed by atoms with E-state index in [1.54, 1.807) is 14.0 Å². The van der Waals surface area contributed by atoms with Gasteiger partial charge in [-0.3, -0.25) is 10.2 Å². The molecule has 0 fully saturated rings. The minimum Gasteiger partial charge on any atom is -0.382 e. The molecule has 0 aliphatic rings. The van der Waals surface area contributed by atoms with Gasteiger partial charge in [-0.25, -0.2) is 5.84 Å². The Morgan fingerprint density at radius 2 is 2.27 bits per heavy atom. The summed E-state index contributed by atoms with van der Waals surface area (Å²) in [6, 6.07) is 0. The molecule has 0 aromatic heterocycles. The molecule has 0 aliphatic heterocycles. The van der Waals surface area contributed by atoms with Crippen LogP contribution in [0.4, 0.5) is 0 Å². The molecule has 0 unspecified atom stereocenters. The molecule has 0 rings (SSSR count). The van der Waals surface area contributed by atoms with Gasteiger partial charge < -0.3 is 9.47 Å². The molecular weight excluding hydrogens is 148 g/mol. The van der Waals surface area contributed by atoms with Gasteiger partial charge in [-0.1, -0.05) is 0 Å². The topological polar surface area (TPSA) is 73.6 Å². The average Bonchev–Trinajstić information content (AvgIpc) is 2.03. The summed E-state index contributed by atoms with van der Waals surface area (Å²) in [5.74, 6) is 4.53. The summed E-state index contributed by atoms with van der Waals surface area (Å²) in [4.78, 5) is 10.7. The predicted molar refractivity (Wildman–Crippen MR) is 39.6 cm³/mol. The molecule has 1 amide bonds. The monoisotopic (exact) mass is 162 g/mol. The SMILES string of the molecule is COCCO[C@H](C)C(=O)NN. The second-order valence-corrected chi connectivity index (χ2v) is 2.01. The first-order valence-corrected chi connectivity index (χ1v) is 3.33. The van der Waals surface area contributed by atoms with Gasteiger partial charge in [0.05, 0.1) is 13.2 Å². The summed E-state index contributed by atoms with van der Waals surface area (Å²) in [7, 11) is 1.57. The fourth-order valence-corrected chi connectivity index (χ4v) is 0.501. The van der Waals surface area contributed by atoms with Crippen LogP contribution in [0.25, 0.3) is 0 Å². The Labute approximate surface area is 65.8 Å². The normalized spacial score (nSPS) is 12.6. The molecule has 0 aromatic rings. The van der Waals surface area contributed by atoms with Crippen molar-refractivity contribution in [2.24, 2.45) is 5.84 Å². The highest BCUT2D eigenvalue weighted by Gasteiger charge is 2.10. The van der Waals surface area contributed by atoms with Crippen LogP contribution in [0.2, 0.25) is 0 Å². The second kappa shape index (κ2) is 6.09. The van der Waals surface area contributed by atoms with Crippen LogP contribution in [0.15, 0.2) is 0 Å². The average molecular weight is 162 g/mol. The lowest BCUT2D eigenvalue weighted by molar-refractivity contribution is -0.132. The third-order valence-electron chi connectivity index (χ3n) is 1.17. The van der Waals surface area contributed by atoms with E-state index in [0.29, 0.717) is 13.2 Å². The van der Waals surface area contributed by atoms with Crippen molar-refractivity contribution in [1.82, 2.24) is 5.43 Å². The zero-order chi connectivity index (χ0) is 8.69. The van der Waals surface area contributed by atoms with Crippen molar-refractivity contribution in [3.8, 4) is 0 Å². The molecule has 3 N–H and O–H groups in total. The second-order valence-electron chi connectivity index (χ2n) is 2.01. The first kappa shape index (κ1) is 10.3. The van der Waals surface area contributed by atoms with E-state index in [1.807, 2.05) is 5.43 Å². The Hall–Kier alpha value is -0.650. The molecule has 1 atom stereocenters. The fraction of sp³-hybridized carbons (Fsp3) is 0.833. The van der Waals surface area contributed by atoms with Crippen molar-refractivity contribution < 1.29 is 14.3 Å². The lowest BCUT2D eigenvalue weighted by Gasteiger charge is -2.09. The zero-order valence-electron chi connectivity index (χ0n) is 6.79. The largest absolute Gasteiger partial charge is 0.382 e. The molecule has 0 heterocycles. The molecule has 0 saturated carbocycles.